The van der Waals surface area contributed by atoms with E-state index in [-0.39, 0.29) is 5.91 Å². The molecule has 0 saturated carbocycles. The molecule has 1 aromatic rings. The van der Waals surface area contributed by atoms with Crippen molar-refractivity contribution in [2.45, 2.75) is 0 Å². The second-order valence-electron chi connectivity index (χ2n) is 2.39. The molecule has 0 aliphatic rings. The van der Waals surface area contributed by atoms with E-state index < -0.39 is 0 Å². The SMILES string of the molecule is CNC(=O)c1ccc(C#N)c(Br)c1. The first-order valence-electron chi connectivity index (χ1n) is 3.60. The minimum Gasteiger partial charge on any atom is -0.355 e. The van der Waals surface area contributed by atoms with Crippen LogP contribution in [0.1, 0.15) is 15.9 Å². The summed E-state index contributed by atoms with van der Waals surface area (Å²) >= 11 is 3.20. The van der Waals surface area contributed by atoms with Gasteiger partial charge in [-0.05, 0) is 34.1 Å². The second-order valence-corrected chi connectivity index (χ2v) is 3.24. The summed E-state index contributed by atoms with van der Waals surface area (Å²) in [6.07, 6.45) is 0. The maximum atomic E-state index is 11.2. The van der Waals surface area contributed by atoms with E-state index in [0.29, 0.717) is 15.6 Å². The van der Waals surface area contributed by atoms with Crippen molar-refractivity contribution in [1.82, 2.24) is 5.32 Å². The topological polar surface area (TPSA) is 52.9 Å². The first kappa shape index (κ1) is 9.75. The zero-order valence-corrected chi connectivity index (χ0v) is 8.55. The summed E-state index contributed by atoms with van der Waals surface area (Å²) in [5.74, 6) is -0.162. The Bertz CT molecular complexity index is 382. The molecule has 1 amide bonds. The molecule has 0 atom stereocenters. The molecule has 0 bridgehead atoms. The number of hydrogen-bond acceptors (Lipinski definition) is 2. The normalized spacial score (nSPS) is 9.00. The zero-order chi connectivity index (χ0) is 9.84. The molecule has 0 unspecified atom stereocenters. The lowest BCUT2D eigenvalue weighted by Gasteiger charge is -2.00. The van der Waals surface area contributed by atoms with Crippen LogP contribution in [0, 0.1) is 11.3 Å². The predicted molar refractivity (Wildman–Crippen MR) is 52.2 cm³/mol. The van der Waals surface area contributed by atoms with Crippen molar-refractivity contribution in [3.05, 3.63) is 33.8 Å². The monoisotopic (exact) mass is 238 g/mol. The van der Waals surface area contributed by atoms with E-state index in [2.05, 4.69) is 21.2 Å². The van der Waals surface area contributed by atoms with Gasteiger partial charge in [-0.2, -0.15) is 5.26 Å². The molecule has 0 aliphatic heterocycles. The number of nitrogens with zero attached hydrogens (tertiary/aromatic N) is 1. The molecule has 13 heavy (non-hydrogen) atoms. The van der Waals surface area contributed by atoms with Crippen LogP contribution in [0.5, 0.6) is 0 Å². The maximum Gasteiger partial charge on any atom is 0.251 e. The number of hydrogen-bond donors (Lipinski definition) is 1. The van der Waals surface area contributed by atoms with Gasteiger partial charge >= 0.3 is 0 Å². The van der Waals surface area contributed by atoms with Crippen LogP contribution in [0.2, 0.25) is 0 Å². The quantitative estimate of drug-likeness (QED) is 0.810. The number of nitriles is 1. The van der Waals surface area contributed by atoms with E-state index in [0.717, 1.165) is 0 Å². The van der Waals surface area contributed by atoms with Crippen LogP contribution in [0.15, 0.2) is 22.7 Å². The largest absolute Gasteiger partial charge is 0.355 e. The fourth-order valence-corrected chi connectivity index (χ4v) is 1.36. The van der Waals surface area contributed by atoms with Crippen LogP contribution in [-0.2, 0) is 0 Å². The summed E-state index contributed by atoms with van der Waals surface area (Å²) in [6.45, 7) is 0. The summed E-state index contributed by atoms with van der Waals surface area (Å²) in [6, 6.07) is 6.84. The van der Waals surface area contributed by atoms with Crippen LogP contribution in [-0.4, -0.2) is 13.0 Å². The lowest BCUT2D eigenvalue weighted by atomic mass is 10.1. The van der Waals surface area contributed by atoms with Gasteiger partial charge in [0.2, 0.25) is 0 Å². The smallest absolute Gasteiger partial charge is 0.251 e. The highest BCUT2D eigenvalue weighted by molar-refractivity contribution is 9.10. The Balaban J connectivity index is 3.11. The zero-order valence-electron chi connectivity index (χ0n) is 6.97. The standard InChI is InChI=1S/C9H7BrN2O/c1-12-9(13)6-2-3-7(5-11)8(10)4-6/h2-4H,1H3,(H,12,13). The predicted octanol–water partition coefficient (Wildman–Crippen LogP) is 1.68. The third kappa shape index (κ3) is 2.07. The van der Waals surface area contributed by atoms with Gasteiger partial charge < -0.3 is 5.32 Å². The van der Waals surface area contributed by atoms with Crippen molar-refractivity contribution in [1.29, 1.82) is 5.26 Å². The van der Waals surface area contributed by atoms with Crippen molar-refractivity contribution in [3.63, 3.8) is 0 Å². The number of halogens is 1. The number of amides is 1. The molecule has 1 aromatic carbocycles. The van der Waals surface area contributed by atoms with Crippen molar-refractivity contribution in [3.8, 4) is 6.07 Å². The lowest BCUT2D eigenvalue weighted by Crippen LogP contribution is -2.17. The number of benzene rings is 1. The Labute approximate surface area is 84.5 Å². The molecule has 0 aromatic heterocycles. The summed E-state index contributed by atoms with van der Waals surface area (Å²) in [5.41, 5.74) is 1.06. The Morgan fingerprint density at radius 3 is 2.77 bits per heavy atom. The summed E-state index contributed by atoms with van der Waals surface area (Å²) in [4.78, 5) is 11.2. The molecule has 0 saturated heterocycles. The average Bonchev–Trinajstić information content (AvgIpc) is 2.16. The van der Waals surface area contributed by atoms with Gasteiger partial charge in [0.15, 0.2) is 0 Å². The Kier molecular flexibility index (Phi) is 3.04. The molecule has 3 nitrogen and oxygen atoms in total. The highest BCUT2D eigenvalue weighted by atomic mass is 79.9. The number of carbonyl (C=O) groups excluding carboxylic acids is 1. The summed E-state index contributed by atoms with van der Waals surface area (Å²) < 4.78 is 0.635. The number of carbonyl (C=O) groups is 1. The van der Waals surface area contributed by atoms with Gasteiger partial charge in [-0.1, -0.05) is 0 Å². The van der Waals surface area contributed by atoms with E-state index in [9.17, 15) is 4.79 Å². The van der Waals surface area contributed by atoms with E-state index >= 15 is 0 Å². The second kappa shape index (κ2) is 4.06. The molecular weight excluding hydrogens is 232 g/mol. The molecule has 0 fully saturated rings. The van der Waals surface area contributed by atoms with Gasteiger partial charge in [-0.25, -0.2) is 0 Å². The van der Waals surface area contributed by atoms with Gasteiger partial charge in [-0.15, -0.1) is 0 Å². The van der Waals surface area contributed by atoms with Crippen molar-refractivity contribution in [2.24, 2.45) is 0 Å². The highest BCUT2D eigenvalue weighted by Crippen LogP contribution is 2.17. The molecule has 66 valence electrons. The van der Waals surface area contributed by atoms with E-state index in [4.69, 9.17) is 5.26 Å². The van der Waals surface area contributed by atoms with Crippen LogP contribution in [0.4, 0.5) is 0 Å². The molecule has 1 N–H and O–H groups in total. The minimum absolute atomic E-state index is 0.162. The van der Waals surface area contributed by atoms with Gasteiger partial charge in [0, 0.05) is 17.1 Å². The van der Waals surface area contributed by atoms with Crippen molar-refractivity contribution >= 4 is 21.8 Å². The van der Waals surface area contributed by atoms with Crippen molar-refractivity contribution < 1.29 is 4.79 Å². The van der Waals surface area contributed by atoms with Gasteiger partial charge in [-0.3, -0.25) is 4.79 Å². The third-order valence-corrected chi connectivity index (χ3v) is 2.23. The average molecular weight is 239 g/mol. The Hall–Kier alpha value is -1.34. The molecular formula is C9H7BrN2O. The van der Waals surface area contributed by atoms with Crippen LogP contribution < -0.4 is 5.32 Å². The van der Waals surface area contributed by atoms with E-state index in [1.807, 2.05) is 6.07 Å². The van der Waals surface area contributed by atoms with Crippen molar-refractivity contribution in [2.75, 3.05) is 7.05 Å². The Morgan fingerprint density at radius 1 is 1.62 bits per heavy atom. The Morgan fingerprint density at radius 2 is 2.31 bits per heavy atom. The maximum absolute atomic E-state index is 11.2. The third-order valence-electron chi connectivity index (χ3n) is 1.58. The summed E-state index contributed by atoms with van der Waals surface area (Å²) in [7, 11) is 1.56. The first-order chi connectivity index (χ1) is 6.19. The fourth-order valence-electron chi connectivity index (χ4n) is 0.891. The van der Waals surface area contributed by atoms with Gasteiger partial charge in [0.25, 0.3) is 5.91 Å². The molecule has 0 radical (unpaired) electrons. The number of rotatable bonds is 1. The molecule has 0 heterocycles. The minimum atomic E-state index is -0.162. The van der Waals surface area contributed by atoms with Crippen LogP contribution in [0.3, 0.4) is 0 Å². The molecule has 4 heteroatoms. The molecule has 0 aliphatic carbocycles. The summed E-state index contributed by atoms with van der Waals surface area (Å²) in [5, 5.41) is 11.1. The van der Waals surface area contributed by atoms with E-state index in [1.165, 1.54) is 0 Å². The van der Waals surface area contributed by atoms with Crippen LogP contribution in [0.25, 0.3) is 0 Å². The fraction of sp³-hybridized carbons (Fsp3) is 0.111. The highest BCUT2D eigenvalue weighted by Gasteiger charge is 2.05. The van der Waals surface area contributed by atoms with Gasteiger partial charge in [0.1, 0.15) is 6.07 Å². The first-order valence-corrected chi connectivity index (χ1v) is 4.40. The molecule has 1 rings (SSSR count). The van der Waals surface area contributed by atoms with E-state index in [1.54, 1.807) is 25.2 Å². The number of nitrogens with one attached hydrogen (secondary N) is 1. The van der Waals surface area contributed by atoms with Crippen LogP contribution >= 0.6 is 15.9 Å². The van der Waals surface area contributed by atoms with Gasteiger partial charge in [0.05, 0.1) is 5.56 Å². The molecule has 0 spiro atoms. The lowest BCUT2D eigenvalue weighted by molar-refractivity contribution is 0.0963.